The van der Waals surface area contributed by atoms with E-state index in [0.717, 1.165) is 32.0 Å². The summed E-state index contributed by atoms with van der Waals surface area (Å²) < 4.78 is 29.1. The lowest BCUT2D eigenvalue weighted by Gasteiger charge is -2.08. The van der Waals surface area contributed by atoms with Crippen molar-refractivity contribution in [1.29, 1.82) is 0 Å². The molecule has 0 radical (unpaired) electrons. The highest BCUT2D eigenvalue weighted by molar-refractivity contribution is 7.92. The third-order valence-electron chi connectivity index (χ3n) is 5.46. The first-order chi connectivity index (χ1) is 16.5. The Morgan fingerprint density at radius 2 is 1.91 bits per heavy atom. The summed E-state index contributed by atoms with van der Waals surface area (Å²) in [6, 6.07) is 15.1. The summed E-state index contributed by atoms with van der Waals surface area (Å²) >= 11 is 1.49. The molecule has 6 aromatic rings. The van der Waals surface area contributed by atoms with Gasteiger partial charge in [0.15, 0.2) is 5.88 Å². The highest BCUT2D eigenvalue weighted by atomic mass is 32.2. The van der Waals surface area contributed by atoms with E-state index < -0.39 is 10.0 Å². The molecule has 3 aromatic heterocycles. The number of rotatable bonds is 5. The van der Waals surface area contributed by atoms with Gasteiger partial charge in [-0.3, -0.25) is 14.8 Å². The van der Waals surface area contributed by atoms with Crippen LogP contribution in [0, 0.1) is 0 Å². The number of nitrogens with zero attached hydrogens (tertiary/aromatic N) is 3. The summed E-state index contributed by atoms with van der Waals surface area (Å²) in [5.74, 6) is 0.0114. The minimum absolute atomic E-state index is 0.0114. The van der Waals surface area contributed by atoms with Crippen LogP contribution in [0.15, 0.2) is 76.2 Å². The Hall–Kier alpha value is -4.22. The topological polar surface area (TPSA) is 136 Å². The van der Waals surface area contributed by atoms with Gasteiger partial charge in [0.2, 0.25) is 0 Å². The molecule has 0 aliphatic heterocycles. The zero-order valence-electron chi connectivity index (χ0n) is 17.4. The van der Waals surface area contributed by atoms with Crippen molar-refractivity contribution in [1.82, 2.24) is 20.2 Å². The molecule has 0 amide bonds. The molecule has 0 unspecified atom stereocenters. The quantitative estimate of drug-likeness (QED) is 0.256. The number of thiazole rings is 1. The zero-order valence-corrected chi connectivity index (χ0v) is 19.0. The van der Waals surface area contributed by atoms with Crippen molar-refractivity contribution in [3.05, 3.63) is 71.9 Å². The fourth-order valence-electron chi connectivity index (χ4n) is 3.80. The van der Waals surface area contributed by atoms with Crippen LogP contribution in [0.25, 0.3) is 32.0 Å². The number of aliphatic imine (C=N–C) groups is 1. The predicted octanol–water partition coefficient (Wildman–Crippen LogP) is 4.91. The van der Waals surface area contributed by atoms with E-state index in [4.69, 9.17) is 0 Å². The van der Waals surface area contributed by atoms with Crippen LogP contribution in [0.2, 0.25) is 0 Å². The number of sulfonamides is 1. The number of H-pyrrole nitrogens is 2. The van der Waals surface area contributed by atoms with Crippen molar-refractivity contribution in [2.24, 2.45) is 4.99 Å². The molecule has 0 atom stereocenters. The molecular weight excluding hydrogens is 472 g/mol. The van der Waals surface area contributed by atoms with E-state index in [9.17, 15) is 13.5 Å². The van der Waals surface area contributed by atoms with Crippen LogP contribution in [0.1, 0.15) is 5.56 Å². The minimum Gasteiger partial charge on any atom is -0.494 e. The number of nitrogens with one attached hydrogen (secondary N) is 3. The predicted molar refractivity (Wildman–Crippen MR) is 134 cm³/mol. The molecule has 3 heterocycles. The van der Waals surface area contributed by atoms with Crippen molar-refractivity contribution in [2.75, 3.05) is 4.72 Å². The number of aromatic amines is 2. The number of hydrogen-bond acceptors (Lipinski definition) is 7. The molecular formula is C23H16N6O3S2. The van der Waals surface area contributed by atoms with Gasteiger partial charge in [-0.25, -0.2) is 13.4 Å². The summed E-state index contributed by atoms with van der Waals surface area (Å²) in [7, 11) is -3.78. The summed E-state index contributed by atoms with van der Waals surface area (Å²) in [5, 5.41) is 18.9. The average Bonchev–Trinajstić information content (AvgIpc) is 3.55. The SMILES string of the molecule is O=S(=O)(Nc1ccc2cn[nH]c2c1)c1ccc(N=Cc2c(O)[nH]c3ccc4ncsc4c23)cc1. The normalized spacial score (nSPS) is 12.4. The van der Waals surface area contributed by atoms with Crippen molar-refractivity contribution >= 4 is 71.0 Å². The number of aromatic nitrogens is 4. The first-order valence-corrected chi connectivity index (χ1v) is 12.5. The molecule has 0 bridgehead atoms. The van der Waals surface area contributed by atoms with Crippen molar-refractivity contribution < 1.29 is 13.5 Å². The van der Waals surface area contributed by atoms with Crippen LogP contribution in [-0.2, 0) is 10.0 Å². The van der Waals surface area contributed by atoms with Gasteiger partial charge >= 0.3 is 0 Å². The third-order valence-corrected chi connectivity index (χ3v) is 7.72. The molecule has 0 fully saturated rings. The van der Waals surface area contributed by atoms with E-state index in [1.807, 2.05) is 12.1 Å². The van der Waals surface area contributed by atoms with Gasteiger partial charge in [-0.15, -0.1) is 11.3 Å². The summed E-state index contributed by atoms with van der Waals surface area (Å²) in [6.45, 7) is 0. The fraction of sp³-hybridized carbons (Fsp3) is 0. The smallest absolute Gasteiger partial charge is 0.261 e. The largest absolute Gasteiger partial charge is 0.494 e. The van der Waals surface area contributed by atoms with Gasteiger partial charge in [-0.05, 0) is 54.6 Å². The summed E-state index contributed by atoms with van der Waals surface area (Å²) in [5.41, 5.74) is 5.66. The molecule has 11 heteroatoms. The molecule has 9 nitrogen and oxygen atoms in total. The highest BCUT2D eigenvalue weighted by Crippen LogP contribution is 2.34. The number of benzene rings is 3. The molecule has 0 aliphatic carbocycles. The molecule has 168 valence electrons. The van der Waals surface area contributed by atoms with Crippen molar-refractivity contribution in [3.8, 4) is 5.88 Å². The van der Waals surface area contributed by atoms with Gasteiger partial charge in [-0.1, -0.05) is 0 Å². The van der Waals surface area contributed by atoms with Crippen LogP contribution in [0.4, 0.5) is 11.4 Å². The van der Waals surface area contributed by atoms with E-state index in [1.165, 1.54) is 23.5 Å². The van der Waals surface area contributed by atoms with Crippen molar-refractivity contribution in [3.63, 3.8) is 0 Å². The molecule has 0 spiro atoms. The molecule has 34 heavy (non-hydrogen) atoms. The van der Waals surface area contributed by atoms with Gasteiger partial charge in [0.1, 0.15) is 0 Å². The maximum absolute atomic E-state index is 12.8. The van der Waals surface area contributed by atoms with E-state index in [2.05, 4.69) is 29.9 Å². The lowest BCUT2D eigenvalue weighted by Crippen LogP contribution is -2.12. The molecule has 3 aromatic carbocycles. The van der Waals surface area contributed by atoms with Gasteiger partial charge in [0.05, 0.1) is 54.8 Å². The molecule has 0 saturated carbocycles. The lowest BCUT2D eigenvalue weighted by molar-refractivity contribution is 0.457. The summed E-state index contributed by atoms with van der Waals surface area (Å²) in [4.78, 5) is 11.8. The van der Waals surface area contributed by atoms with Crippen molar-refractivity contribution in [2.45, 2.75) is 4.90 Å². The van der Waals surface area contributed by atoms with Gasteiger partial charge in [0, 0.05) is 17.0 Å². The molecule has 6 rings (SSSR count). The monoisotopic (exact) mass is 488 g/mol. The maximum Gasteiger partial charge on any atom is 0.261 e. The van der Waals surface area contributed by atoms with E-state index >= 15 is 0 Å². The number of anilines is 1. The molecule has 0 saturated heterocycles. The average molecular weight is 489 g/mol. The Labute approximate surface area is 196 Å². The first kappa shape index (κ1) is 20.4. The van der Waals surface area contributed by atoms with Crippen LogP contribution in [0.5, 0.6) is 5.88 Å². The highest BCUT2D eigenvalue weighted by Gasteiger charge is 2.16. The van der Waals surface area contributed by atoms with E-state index in [-0.39, 0.29) is 10.8 Å². The third kappa shape index (κ3) is 3.47. The van der Waals surface area contributed by atoms with Crippen LogP contribution in [0.3, 0.4) is 0 Å². The fourth-order valence-corrected chi connectivity index (χ4v) is 5.70. The Kier molecular flexibility index (Phi) is 4.61. The minimum atomic E-state index is -3.78. The van der Waals surface area contributed by atoms with E-state index in [1.54, 1.807) is 48.3 Å². The molecule has 0 aliphatic rings. The Balaban J connectivity index is 1.27. The summed E-state index contributed by atoms with van der Waals surface area (Å²) in [6.07, 6.45) is 3.23. The van der Waals surface area contributed by atoms with Crippen LogP contribution >= 0.6 is 11.3 Å². The second-order valence-corrected chi connectivity index (χ2v) is 10.1. The number of fused-ring (bicyclic) bond motifs is 4. The van der Waals surface area contributed by atoms with Gasteiger partial charge in [-0.2, -0.15) is 5.10 Å². The maximum atomic E-state index is 12.8. The lowest BCUT2D eigenvalue weighted by atomic mass is 10.1. The standard InChI is InChI=1S/C23H16N6O3S2/c30-23-17(21-18(27-23)7-8-19-22(21)33-12-25-19)11-24-14-3-5-16(6-4-14)34(31,32)29-15-2-1-13-10-26-28-20(13)9-15/h1-12,27,29-30H,(H,26,28). The van der Waals surface area contributed by atoms with Gasteiger partial charge in [0.25, 0.3) is 10.0 Å². The number of aromatic hydroxyl groups is 1. The Bertz CT molecular complexity index is 1810. The second-order valence-electron chi connectivity index (χ2n) is 7.61. The first-order valence-electron chi connectivity index (χ1n) is 10.1. The number of hydrogen-bond donors (Lipinski definition) is 4. The second kappa shape index (κ2) is 7.68. The zero-order chi connectivity index (χ0) is 23.3. The van der Waals surface area contributed by atoms with E-state index in [0.29, 0.717) is 16.9 Å². The van der Waals surface area contributed by atoms with Crippen LogP contribution < -0.4 is 4.72 Å². The Morgan fingerprint density at radius 1 is 1.06 bits per heavy atom. The van der Waals surface area contributed by atoms with Crippen LogP contribution in [-0.4, -0.2) is 39.9 Å². The Morgan fingerprint density at radius 3 is 2.76 bits per heavy atom. The van der Waals surface area contributed by atoms with Gasteiger partial charge < -0.3 is 10.1 Å². The molecule has 4 N–H and O–H groups in total.